The Balaban J connectivity index is 5.67. The summed E-state index contributed by atoms with van der Waals surface area (Å²) >= 11 is 0. The summed E-state index contributed by atoms with van der Waals surface area (Å²) in [7, 11) is 0. The lowest BCUT2D eigenvalue weighted by Gasteiger charge is -2.07. The van der Waals surface area contributed by atoms with Crippen LogP contribution in [0.15, 0.2) is 46.9 Å². The Hall–Kier alpha value is -1.64. The van der Waals surface area contributed by atoms with Gasteiger partial charge in [0.15, 0.2) is 0 Å². The molecule has 0 saturated carbocycles. The first-order chi connectivity index (χ1) is 8.96. The summed E-state index contributed by atoms with van der Waals surface area (Å²) < 4.78 is 13.5. The van der Waals surface area contributed by atoms with Gasteiger partial charge in [0.1, 0.15) is 5.83 Å². The van der Waals surface area contributed by atoms with E-state index in [1.807, 2.05) is 26.8 Å². The van der Waals surface area contributed by atoms with Crippen molar-refractivity contribution in [1.82, 2.24) is 0 Å². The van der Waals surface area contributed by atoms with Crippen LogP contribution in [0, 0.1) is 0 Å². The highest BCUT2D eigenvalue weighted by Crippen LogP contribution is 2.19. The van der Waals surface area contributed by atoms with Gasteiger partial charge in [0, 0.05) is 5.57 Å². The van der Waals surface area contributed by atoms with Gasteiger partial charge in [0.05, 0.1) is 0 Å². The average molecular weight is 265 g/mol. The Kier molecular flexibility index (Phi) is 8.51. The first-order valence-electron chi connectivity index (χ1n) is 6.67. The molecule has 0 aromatic carbocycles. The standard InChI is InChI=1S/C16H24FNO/c1-5-8-9-15(16(18)19)13(10-12(4)6-2)11-14(17)7-3/h7,9-11H,5-6,8H2,1-4H3,(H2,18,19)/b12-10+,13-11+,14-7+,15-9+. The third-order valence-corrected chi connectivity index (χ3v) is 2.74. The lowest BCUT2D eigenvalue weighted by Crippen LogP contribution is -2.15. The van der Waals surface area contributed by atoms with E-state index in [1.54, 1.807) is 13.0 Å². The summed E-state index contributed by atoms with van der Waals surface area (Å²) in [6.07, 6.45) is 8.79. The first kappa shape index (κ1) is 17.4. The molecule has 0 aliphatic rings. The molecule has 0 rings (SSSR count). The van der Waals surface area contributed by atoms with E-state index in [4.69, 9.17) is 5.73 Å². The summed E-state index contributed by atoms with van der Waals surface area (Å²) in [6.45, 7) is 7.58. The van der Waals surface area contributed by atoms with Gasteiger partial charge in [0.2, 0.25) is 5.91 Å². The fourth-order valence-electron chi connectivity index (χ4n) is 1.45. The van der Waals surface area contributed by atoms with Gasteiger partial charge in [-0.05, 0) is 38.3 Å². The van der Waals surface area contributed by atoms with Crippen molar-refractivity contribution in [2.24, 2.45) is 5.73 Å². The molecule has 0 aromatic rings. The largest absolute Gasteiger partial charge is 0.366 e. The van der Waals surface area contributed by atoms with Gasteiger partial charge < -0.3 is 5.73 Å². The van der Waals surface area contributed by atoms with E-state index < -0.39 is 5.91 Å². The van der Waals surface area contributed by atoms with Crippen molar-refractivity contribution in [1.29, 1.82) is 0 Å². The number of carbonyl (C=O) groups excluding carboxylic acids is 1. The molecule has 0 bridgehead atoms. The van der Waals surface area contributed by atoms with E-state index in [-0.39, 0.29) is 5.83 Å². The third kappa shape index (κ3) is 6.75. The summed E-state index contributed by atoms with van der Waals surface area (Å²) in [5.41, 5.74) is 7.38. The second kappa shape index (κ2) is 9.31. The molecular weight excluding hydrogens is 241 g/mol. The lowest BCUT2D eigenvalue weighted by molar-refractivity contribution is -0.114. The maximum absolute atomic E-state index is 13.5. The van der Waals surface area contributed by atoms with E-state index >= 15 is 0 Å². The van der Waals surface area contributed by atoms with E-state index in [2.05, 4.69) is 0 Å². The molecule has 0 radical (unpaired) electrons. The Morgan fingerprint density at radius 3 is 2.32 bits per heavy atom. The van der Waals surface area contributed by atoms with Crippen molar-refractivity contribution in [2.75, 3.05) is 0 Å². The number of allylic oxidation sites excluding steroid dienone is 6. The lowest BCUT2D eigenvalue weighted by atomic mass is 9.99. The monoisotopic (exact) mass is 265 g/mol. The number of primary amides is 1. The minimum atomic E-state index is -0.524. The van der Waals surface area contributed by atoms with E-state index in [9.17, 15) is 9.18 Å². The second-order valence-corrected chi connectivity index (χ2v) is 4.39. The zero-order valence-corrected chi connectivity index (χ0v) is 12.3. The van der Waals surface area contributed by atoms with Crippen LogP contribution in [-0.2, 0) is 4.79 Å². The number of rotatable bonds is 7. The number of hydrogen-bond acceptors (Lipinski definition) is 1. The van der Waals surface area contributed by atoms with Crippen LogP contribution in [0.1, 0.15) is 47.0 Å². The maximum Gasteiger partial charge on any atom is 0.248 e. The molecule has 2 N–H and O–H groups in total. The van der Waals surface area contributed by atoms with Crippen molar-refractivity contribution in [3.8, 4) is 0 Å². The van der Waals surface area contributed by atoms with E-state index in [1.165, 1.54) is 12.2 Å². The molecule has 0 aromatic heterocycles. The molecule has 1 amide bonds. The highest BCUT2D eigenvalue weighted by atomic mass is 19.1. The molecule has 0 atom stereocenters. The van der Waals surface area contributed by atoms with Gasteiger partial charge in [-0.3, -0.25) is 4.79 Å². The van der Waals surface area contributed by atoms with Crippen molar-refractivity contribution < 1.29 is 9.18 Å². The van der Waals surface area contributed by atoms with E-state index in [0.717, 1.165) is 24.8 Å². The fourth-order valence-corrected chi connectivity index (χ4v) is 1.45. The molecular formula is C16H24FNO. The predicted octanol–water partition coefficient (Wildman–Crippen LogP) is 4.35. The van der Waals surface area contributed by atoms with Crippen LogP contribution in [0.5, 0.6) is 0 Å². The zero-order chi connectivity index (χ0) is 14.8. The molecule has 0 spiro atoms. The van der Waals surface area contributed by atoms with Gasteiger partial charge >= 0.3 is 0 Å². The molecule has 0 unspecified atom stereocenters. The number of carbonyl (C=O) groups is 1. The molecule has 2 nitrogen and oxygen atoms in total. The predicted molar refractivity (Wildman–Crippen MR) is 79.2 cm³/mol. The second-order valence-electron chi connectivity index (χ2n) is 4.39. The highest BCUT2D eigenvalue weighted by molar-refractivity contribution is 5.97. The van der Waals surface area contributed by atoms with Crippen LogP contribution < -0.4 is 5.73 Å². The van der Waals surface area contributed by atoms with Gasteiger partial charge in [-0.15, -0.1) is 0 Å². The number of unbranched alkanes of at least 4 members (excludes halogenated alkanes) is 1. The van der Waals surface area contributed by atoms with Crippen LogP contribution >= 0.6 is 0 Å². The summed E-state index contributed by atoms with van der Waals surface area (Å²) in [5.74, 6) is -0.900. The quantitative estimate of drug-likeness (QED) is 0.539. The molecule has 0 aliphatic carbocycles. The SMILES string of the molecule is C\C=C(F)/C=C(\C=C(/C)CC)C(=C\CCC)/C(N)=O. The Morgan fingerprint density at radius 1 is 1.26 bits per heavy atom. The summed E-state index contributed by atoms with van der Waals surface area (Å²) in [6, 6.07) is 0. The molecule has 0 saturated heterocycles. The van der Waals surface area contributed by atoms with Crippen LogP contribution in [0.4, 0.5) is 4.39 Å². The van der Waals surface area contributed by atoms with Crippen molar-refractivity contribution in [3.63, 3.8) is 0 Å². The van der Waals surface area contributed by atoms with Crippen LogP contribution in [0.3, 0.4) is 0 Å². The van der Waals surface area contributed by atoms with Crippen LogP contribution in [-0.4, -0.2) is 5.91 Å². The normalized spacial score (nSPS) is 14.8. The average Bonchev–Trinajstić information content (AvgIpc) is 2.38. The van der Waals surface area contributed by atoms with Gasteiger partial charge in [-0.2, -0.15) is 0 Å². The fraction of sp³-hybridized carbons (Fsp3) is 0.438. The van der Waals surface area contributed by atoms with Gasteiger partial charge in [-0.25, -0.2) is 4.39 Å². The van der Waals surface area contributed by atoms with Crippen molar-refractivity contribution in [2.45, 2.75) is 47.0 Å². The molecule has 0 aliphatic heterocycles. The molecule has 0 fully saturated rings. The minimum Gasteiger partial charge on any atom is -0.366 e. The van der Waals surface area contributed by atoms with Crippen molar-refractivity contribution in [3.05, 3.63) is 46.9 Å². The number of halogens is 1. The number of amides is 1. The maximum atomic E-state index is 13.5. The topological polar surface area (TPSA) is 43.1 Å². The first-order valence-corrected chi connectivity index (χ1v) is 6.67. The van der Waals surface area contributed by atoms with Gasteiger partial charge in [-0.1, -0.05) is 44.1 Å². The number of nitrogens with two attached hydrogens (primary N) is 1. The third-order valence-electron chi connectivity index (χ3n) is 2.74. The summed E-state index contributed by atoms with van der Waals surface area (Å²) in [5, 5.41) is 0. The smallest absolute Gasteiger partial charge is 0.248 e. The molecule has 106 valence electrons. The Morgan fingerprint density at radius 2 is 1.89 bits per heavy atom. The molecule has 0 heterocycles. The molecule has 3 heteroatoms. The van der Waals surface area contributed by atoms with Crippen LogP contribution in [0.25, 0.3) is 0 Å². The zero-order valence-electron chi connectivity index (χ0n) is 12.3. The summed E-state index contributed by atoms with van der Waals surface area (Å²) in [4.78, 5) is 11.5. The molecule has 19 heavy (non-hydrogen) atoms. The van der Waals surface area contributed by atoms with Crippen molar-refractivity contribution >= 4 is 5.91 Å². The number of hydrogen-bond donors (Lipinski definition) is 1. The highest BCUT2D eigenvalue weighted by Gasteiger charge is 2.10. The Bertz CT molecular complexity index is 428. The minimum absolute atomic E-state index is 0.376. The van der Waals surface area contributed by atoms with Crippen LogP contribution in [0.2, 0.25) is 0 Å². The Labute approximate surface area is 115 Å². The van der Waals surface area contributed by atoms with E-state index in [0.29, 0.717) is 11.1 Å². The van der Waals surface area contributed by atoms with Gasteiger partial charge in [0.25, 0.3) is 0 Å².